The monoisotopic (exact) mass is 226 g/mol. The fourth-order valence-corrected chi connectivity index (χ4v) is 2.60. The molecule has 0 saturated carbocycles. The van der Waals surface area contributed by atoms with Gasteiger partial charge in [0, 0.05) is 18.7 Å². The second kappa shape index (κ2) is 4.72. The standard InChI is InChI=1S/C12H22N2O2/c1-9-10(4-7-16-9)11(15)13-8-12(2)5-3-6-14-12/h9-10,14H,3-8H2,1-2H3,(H,13,15). The van der Waals surface area contributed by atoms with Crippen LogP contribution in [0.4, 0.5) is 0 Å². The van der Waals surface area contributed by atoms with E-state index in [0.717, 1.165) is 32.5 Å². The van der Waals surface area contributed by atoms with Crippen molar-refractivity contribution < 1.29 is 9.53 Å². The number of carbonyl (C=O) groups excluding carboxylic acids is 1. The number of hydrogen-bond acceptors (Lipinski definition) is 3. The molecule has 2 aliphatic heterocycles. The van der Waals surface area contributed by atoms with Gasteiger partial charge in [0.05, 0.1) is 12.0 Å². The van der Waals surface area contributed by atoms with E-state index in [1.165, 1.54) is 6.42 Å². The van der Waals surface area contributed by atoms with Crippen LogP contribution in [0.1, 0.15) is 33.1 Å². The minimum atomic E-state index is 0.0463. The summed E-state index contributed by atoms with van der Waals surface area (Å²) in [5.74, 6) is 0.199. The van der Waals surface area contributed by atoms with Gasteiger partial charge in [0.2, 0.25) is 5.91 Å². The summed E-state index contributed by atoms with van der Waals surface area (Å²) in [7, 11) is 0. The van der Waals surface area contributed by atoms with Gasteiger partial charge in [0.15, 0.2) is 0 Å². The fourth-order valence-electron chi connectivity index (χ4n) is 2.60. The van der Waals surface area contributed by atoms with Crippen molar-refractivity contribution in [2.45, 2.75) is 44.8 Å². The van der Waals surface area contributed by atoms with Crippen molar-refractivity contribution in [3.8, 4) is 0 Å². The summed E-state index contributed by atoms with van der Waals surface area (Å²) < 4.78 is 5.41. The normalized spacial score (nSPS) is 38.9. The van der Waals surface area contributed by atoms with Crippen LogP contribution in [0, 0.1) is 5.92 Å². The Morgan fingerprint density at radius 2 is 2.44 bits per heavy atom. The Labute approximate surface area is 97.1 Å². The Kier molecular flexibility index (Phi) is 3.50. The van der Waals surface area contributed by atoms with Crippen LogP contribution in [0.5, 0.6) is 0 Å². The van der Waals surface area contributed by atoms with E-state index >= 15 is 0 Å². The molecule has 0 radical (unpaired) electrons. The summed E-state index contributed by atoms with van der Waals surface area (Å²) >= 11 is 0. The highest BCUT2D eigenvalue weighted by atomic mass is 16.5. The number of amides is 1. The third-order valence-corrected chi connectivity index (χ3v) is 3.82. The number of nitrogens with one attached hydrogen (secondary N) is 2. The van der Waals surface area contributed by atoms with E-state index < -0.39 is 0 Å². The molecule has 16 heavy (non-hydrogen) atoms. The van der Waals surface area contributed by atoms with E-state index in [2.05, 4.69) is 17.6 Å². The van der Waals surface area contributed by atoms with Gasteiger partial charge in [0.1, 0.15) is 0 Å². The number of rotatable bonds is 3. The maximum Gasteiger partial charge on any atom is 0.225 e. The van der Waals surface area contributed by atoms with Crippen LogP contribution in [0.3, 0.4) is 0 Å². The summed E-state index contributed by atoms with van der Waals surface area (Å²) in [5.41, 5.74) is 0.0956. The van der Waals surface area contributed by atoms with Crippen molar-refractivity contribution in [3.05, 3.63) is 0 Å². The molecule has 0 aliphatic carbocycles. The maximum atomic E-state index is 11.9. The van der Waals surface area contributed by atoms with Crippen LogP contribution in [-0.4, -0.2) is 37.2 Å². The van der Waals surface area contributed by atoms with Crippen LogP contribution >= 0.6 is 0 Å². The van der Waals surface area contributed by atoms with Crippen LogP contribution in [0.25, 0.3) is 0 Å². The van der Waals surface area contributed by atoms with Gasteiger partial charge in [-0.3, -0.25) is 4.79 Å². The van der Waals surface area contributed by atoms with Crippen molar-refractivity contribution in [2.24, 2.45) is 5.92 Å². The molecule has 2 saturated heterocycles. The molecule has 2 heterocycles. The van der Waals surface area contributed by atoms with Crippen LogP contribution in [0.2, 0.25) is 0 Å². The molecule has 0 aromatic rings. The average Bonchev–Trinajstić information content (AvgIpc) is 2.85. The van der Waals surface area contributed by atoms with Crippen molar-refractivity contribution in [1.29, 1.82) is 0 Å². The molecule has 3 unspecified atom stereocenters. The lowest BCUT2D eigenvalue weighted by Crippen LogP contribution is -2.49. The Morgan fingerprint density at radius 1 is 1.62 bits per heavy atom. The number of hydrogen-bond donors (Lipinski definition) is 2. The number of carbonyl (C=O) groups is 1. The average molecular weight is 226 g/mol. The molecule has 0 spiro atoms. The van der Waals surface area contributed by atoms with Crippen molar-refractivity contribution >= 4 is 5.91 Å². The number of ether oxygens (including phenoxy) is 1. The zero-order chi connectivity index (χ0) is 11.6. The second-order valence-electron chi connectivity index (χ2n) is 5.28. The molecule has 92 valence electrons. The maximum absolute atomic E-state index is 11.9. The van der Waals surface area contributed by atoms with Gasteiger partial charge in [0.25, 0.3) is 0 Å². The summed E-state index contributed by atoms with van der Waals surface area (Å²) in [6, 6.07) is 0. The summed E-state index contributed by atoms with van der Waals surface area (Å²) in [4.78, 5) is 11.9. The zero-order valence-corrected chi connectivity index (χ0v) is 10.2. The Morgan fingerprint density at radius 3 is 3.00 bits per heavy atom. The minimum absolute atomic E-state index is 0.0463. The lowest BCUT2D eigenvalue weighted by Gasteiger charge is -2.25. The quantitative estimate of drug-likeness (QED) is 0.743. The van der Waals surface area contributed by atoms with E-state index in [-0.39, 0.29) is 23.5 Å². The van der Waals surface area contributed by atoms with Crippen LogP contribution < -0.4 is 10.6 Å². The predicted molar refractivity (Wildman–Crippen MR) is 62.2 cm³/mol. The first-order chi connectivity index (χ1) is 7.61. The van der Waals surface area contributed by atoms with Crippen LogP contribution in [0.15, 0.2) is 0 Å². The summed E-state index contributed by atoms with van der Waals surface area (Å²) in [6.45, 7) is 6.67. The van der Waals surface area contributed by atoms with Gasteiger partial charge < -0.3 is 15.4 Å². The van der Waals surface area contributed by atoms with E-state index in [0.29, 0.717) is 0 Å². The fraction of sp³-hybridized carbons (Fsp3) is 0.917. The Balaban J connectivity index is 1.79. The summed E-state index contributed by atoms with van der Waals surface area (Å²) in [5, 5.41) is 6.50. The Hall–Kier alpha value is -0.610. The molecule has 4 nitrogen and oxygen atoms in total. The smallest absolute Gasteiger partial charge is 0.225 e. The first kappa shape index (κ1) is 11.9. The van der Waals surface area contributed by atoms with Gasteiger partial charge in [-0.15, -0.1) is 0 Å². The highest BCUT2D eigenvalue weighted by Crippen LogP contribution is 2.21. The van der Waals surface area contributed by atoms with E-state index in [1.807, 2.05) is 6.92 Å². The largest absolute Gasteiger partial charge is 0.378 e. The summed E-state index contributed by atoms with van der Waals surface area (Å²) in [6.07, 6.45) is 3.28. The van der Waals surface area contributed by atoms with Gasteiger partial charge >= 0.3 is 0 Å². The highest BCUT2D eigenvalue weighted by molar-refractivity contribution is 5.79. The molecule has 2 N–H and O–H groups in total. The van der Waals surface area contributed by atoms with E-state index in [9.17, 15) is 4.79 Å². The topological polar surface area (TPSA) is 50.4 Å². The predicted octanol–water partition coefficient (Wildman–Crippen LogP) is 0.670. The molecule has 0 bridgehead atoms. The lowest BCUT2D eigenvalue weighted by atomic mass is 9.98. The third-order valence-electron chi connectivity index (χ3n) is 3.82. The first-order valence-corrected chi connectivity index (χ1v) is 6.25. The first-order valence-electron chi connectivity index (χ1n) is 6.25. The van der Waals surface area contributed by atoms with Crippen LogP contribution in [-0.2, 0) is 9.53 Å². The molecule has 2 rings (SSSR count). The van der Waals surface area contributed by atoms with Gasteiger partial charge in [-0.25, -0.2) is 0 Å². The van der Waals surface area contributed by atoms with Gasteiger partial charge in [-0.1, -0.05) is 0 Å². The van der Waals surface area contributed by atoms with E-state index in [4.69, 9.17) is 4.74 Å². The molecule has 0 aromatic carbocycles. The second-order valence-corrected chi connectivity index (χ2v) is 5.28. The SMILES string of the molecule is CC1OCCC1C(=O)NCC1(C)CCCN1. The van der Waals surface area contributed by atoms with E-state index in [1.54, 1.807) is 0 Å². The molecule has 1 amide bonds. The molecular weight excluding hydrogens is 204 g/mol. The Bertz CT molecular complexity index is 262. The van der Waals surface area contributed by atoms with Crippen molar-refractivity contribution in [1.82, 2.24) is 10.6 Å². The lowest BCUT2D eigenvalue weighted by molar-refractivity contribution is -0.126. The minimum Gasteiger partial charge on any atom is -0.378 e. The molecule has 2 fully saturated rings. The molecule has 3 atom stereocenters. The van der Waals surface area contributed by atoms with Crippen molar-refractivity contribution in [2.75, 3.05) is 19.7 Å². The molecular formula is C12H22N2O2. The molecule has 4 heteroatoms. The zero-order valence-electron chi connectivity index (χ0n) is 10.2. The van der Waals surface area contributed by atoms with Crippen molar-refractivity contribution in [3.63, 3.8) is 0 Å². The molecule has 2 aliphatic rings. The highest BCUT2D eigenvalue weighted by Gasteiger charge is 2.33. The van der Waals surface area contributed by atoms with Gasteiger partial charge in [-0.2, -0.15) is 0 Å². The third kappa shape index (κ3) is 2.55. The molecule has 0 aromatic heterocycles. The van der Waals surface area contributed by atoms with Gasteiger partial charge in [-0.05, 0) is 39.7 Å².